The van der Waals surface area contributed by atoms with E-state index in [2.05, 4.69) is 88.6 Å². The van der Waals surface area contributed by atoms with E-state index in [0.717, 1.165) is 47.2 Å². The van der Waals surface area contributed by atoms with Crippen LogP contribution in [0.25, 0.3) is 10.9 Å². The first-order valence-electron chi connectivity index (χ1n) is 12.8. The molecule has 0 amide bonds. The highest BCUT2D eigenvalue weighted by atomic mass is 16.1. The Labute approximate surface area is 205 Å². The molecular weight excluding hydrogens is 436 g/mol. The molecule has 0 saturated heterocycles. The molecule has 6 rings (SSSR count). The van der Waals surface area contributed by atoms with Crippen molar-refractivity contribution in [3.63, 3.8) is 0 Å². The number of anilines is 1. The van der Waals surface area contributed by atoms with Crippen molar-refractivity contribution in [1.29, 1.82) is 0 Å². The normalized spacial score (nSPS) is 19.3. The van der Waals surface area contributed by atoms with Crippen LogP contribution in [0.3, 0.4) is 0 Å². The molecule has 35 heavy (non-hydrogen) atoms. The van der Waals surface area contributed by atoms with Crippen LogP contribution in [0.2, 0.25) is 0 Å². The molecule has 4 aromatic rings. The number of aromatic nitrogens is 5. The molecule has 1 saturated carbocycles. The van der Waals surface area contributed by atoms with Crippen LogP contribution < -0.4 is 10.5 Å². The van der Waals surface area contributed by atoms with Gasteiger partial charge in [-0.1, -0.05) is 49.6 Å². The molecule has 3 heterocycles. The number of benzene rings is 2. The Bertz CT molecular complexity index is 1450. The fraction of sp³-hybridized carbons (Fsp3) is 0.429. The van der Waals surface area contributed by atoms with Crippen LogP contribution in [0.4, 0.5) is 5.69 Å². The molecule has 0 radical (unpaired) electrons. The summed E-state index contributed by atoms with van der Waals surface area (Å²) in [5, 5.41) is 14.2. The summed E-state index contributed by atoms with van der Waals surface area (Å²) in [7, 11) is 0. The van der Waals surface area contributed by atoms with E-state index in [4.69, 9.17) is 0 Å². The second kappa shape index (κ2) is 8.63. The predicted octanol–water partition coefficient (Wildman–Crippen LogP) is 5.18. The van der Waals surface area contributed by atoms with Gasteiger partial charge in [-0.05, 0) is 84.7 Å². The van der Waals surface area contributed by atoms with Crippen molar-refractivity contribution < 1.29 is 0 Å². The van der Waals surface area contributed by atoms with E-state index in [1.165, 1.54) is 30.4 Å². The van der Waals surface area contributed by atoms with E-state index >= 15 is 0 Å². The Morgan fingerprint density at radius 3 is 2.69 bits per heavy atom. The first-order valence-corrected chi connectivity index (χ1v) is 12.8. The zero-order valence-electron chi connectivity index (χ0n) is 20.7. The minimum Gasteiger partial charge on any atom is -0.354 e. The Hall–Kier alpha value is -3.48. The molecule has 7 nitrogen and oxygen atoms in total. The SMILES string of the molecule is Cc1ccc2cc(C(c3nnnn3C3CCCCC3)N3c4ccccc4CC3C)c(=O)[nH]c2c1C. The van der Waals surface area contributed by atoms with Crippen molar-refractivity contribution in [2.45, 2.75) is 77.4 Å². The Morgan fingerprint density at radius 1 is 1.06 bits per heavy atom. The number of aromatic amines is 1. The summed E-state index contributed by atoms with van der Waals surface area (Å²) in [6.45, 7) is 6.36. The predicted molar refractivity (Wildman–Crippen MR) is 138 cm³/mol. The minimum atomic E-state index is -0.375. The molecule has 180 valence electrons. The number of hydrogen-bond acceptors (Lipinski definition) is 5. The number of para-hydroxylation sites is 1. The molecule has 1 aliphatic carbocycles. The number of nitrogens with one attached hydrogen (secondary N) is 1. The van der Waals surface area contributed by atoms with Crippen molar-refractivity contribution in [3.05, 3.63) is 80.9 Å². The van der Waals surface area contributed by atoms with Crippen LogP contribution in [0.1, 0.15) is 79.2 Å². The number of hydrogen-bond donors (Lipinski definition) is 1. The zero-order chi connectivity index (χ0) is 24.1. The Kier molecular flexibility index (Phi) is 5.43. The summed E-state index contributed by atoms with van der Waals surface area (Å²) in [4.78, 5) is 19.3. The van der Waals surface area contributed by atoms with Gasteiger partial charge in [0.25, 0.3) is 5.56 Å². The van der Waals surface area contributed by atoms with E-state index in [1.807, 2.05) is 4.68 Å². The molecule has 0 bridgehead atoms. The quantitative estimate of drug-likeness (QED) is 0.447. The van der Waals surface area contributed by atoms with Gasteiger partial charge in [-0.15, -0.1) is 5.10 Å². The summed E-state index contributed by atoms with van der Waals surface area (Å²) in [5.41, 5.74) is 6.24. The second-order valence-corrected chi connectivity index (χ2v) is 10.3. The maximum Gasteiger partial charge on any atom is 0.254 e. The number of rotatable bonds is 4. The molecule has 2 unspecified atom stereocenters. The third kappa shape index (κ3) is 3.65. The lowest BCUT2D eigenvalue weighted by molar-refractivity contribution is 0.312. The number of tetrazole rings is 1. The van der Waals surface area contributed by atoms with Crippen LogP contribution in [0, 0.1) is 13.8 Å². The van der Waals surface area contributed by atoms with E-state index in [1.54, 1.807) is 0 Å². The molecule has 2 aromatic carbocycles. The zero-order valence-corrected chi connectivity index (χ0v) is 20.7. The molecule has 2 aliphatic rings. The monoisotopic (exact) mass is 468 g/mol. The van der Waals surface area contributed by atoms with Crippen molar-refractivity contribution in [3.8, 4) is 0 Å². The smallest absolute Gasteiger partial charge is 0.254 e. The first-order chi connectivity index (χ1) is 17.0. The highest BCUT2D eigenvalue weighted by Crippen LogP contribution is 2.42. The number of fused-ring (bicyclic) bond motifs is 2. The third-order valence-corrected chi connectivity index (χ3v) is 8.10. The number of pyridine rings is 1. The largest absolute Gasteiger partial charge is 0.354 e. The lowest BCUT2D eigenvalue weighted by Gasteiger charge is -2.34. The van der Waals surface area contributed by atoms with Gasteiger partial charge in [0.1, 0.15) is 6.04 Å². The number of nitrogens with zero attached hydrogens (tertiary/aromatic N) is 5. The lowest BCUT2D eigenvalue weighted by atomic mass is 9.94. The number of H-pyrrole nitrogens is 1. The van der Waals surface area contributed by atoms with Crippen LogP contribution in [0.15, 0.2) is 47.3 Å². The van der Waals surface area contributed by atoms with Crippen LogP contribution in [0.5, 0.6) is 0 Å². The maximum atomic E-state index is 13.7. The van der Waals surface area contributed by atoms with Crippen molar-refractivity contribution >= 4 is 16.6 Å². The standard InChI is InChI=1S/C28H32N6O/c1-17-13-14-21-16-23(28(35)29-25(21)19(17)3)26(33-18(2)15-20-9-7-8-12-24(20)33)27-30-31-32-34(27)22-10-5-4-6-11-22/h7-9,12-14,16,18,22,26H,4-6,10-11,15H2,1-3H3,(H,29,35). The molecule has 1 aliphatic heterocycles. The van der Waals surface area contributed by atoms with Gasteiger partial charge < -0.3 is 9.88 Å². The number of aryl methyl sites for hydroxylation is 2. The molecule has 2 aromatic heterocycles. The Morgan fingerprint density at radius 2 is 1.86 bits per heavy atom. The van der Waals surface area contributed by atoms with E-state index in [-0.39, 0.29) is 23.7 Å². The lowest BCUT2D eigenvalue weighted by Crippen LogP contribution is -2.39. The van der Waals surface area contributed by atoms with Crippen LogP contribution >= 0.6 is 0 Å². The maximum absolute atomic E-state index is 13.7. The summed E-state index contributed by atoms with van der Waals surface area (Å²) in [5.74, 6) is 0.758. The summed E-state index contributed by atoms with van der Waals surface area (Å²) in [6.07, 6.45) is 6.71. The molecule has 1 fully saturated rings. The highest BCUT2D eigenvalue weighted by molar-refractivity contribution is 5.83. The molecular formula is C28H32N6O. The van der Waals surface area contributed by atoms with Gasteiger partial charge in [0.15, 0.2) is 5.82 Å². The van der Waals surface area contributed by atoms with Gasteiger partial charge in [-0.3, -0.25) is 4.79 Å². The van der Waals surface area contributed by atoms with Gasteiger partial charge >= 0.3 is 0 Å². The van der Waals surface area contributed by atoms with Crippen LogP contribution in [-0.2, 0) is 6.42 Å². The van der Waals surface area contributed by atoms with Gasteiger partial charge in [-0.2, -0.15) is 0 Å². The summed E-state index contributed by atoms with van der Waals surface area (Å²) >= 11 is 0. The summed E-state index contributed by atoms with van der Waals surface area (Å²) in [6, 6.07) is 14.9. The van der Waals surface area contributed by atoms with Crippen molar-refractivity contribution in [2.75, 3.05) is 4.90 Å². The van der Waals surface area contributed by atoms with Crippen molar-refractivity contribution in [2.24, 2.45) is 0 Å². The second-order valence-electron chi connectivity index (χ2n) is 10.3. The average Bonchev–Trinajstić information content (AvgIpc) is 3.48. The van der Waals surface area contributed by atoms with Gasteiger partial charge in [0, 0.05) is 17.3 Å². The summed E-state index contributed by atoms with van der Waals surface area (Å²) < 4.78 is 2.02. The molecule has 2 atom stereocenters. The molecule has 7 heteroatoms. The fourth-order valence-corrected chi connectivity index (χ4v) is 6.11. The first kappa shape index (κ1) is 22.0. The molecule has 1 N–H and O–H groups in total. The Balaban J connectivity index is 1.57. The van der Waals surface area contributed by atoms with E-state index in [0.29, 0.717) is 5.56 Å². The fourth-order valence-electron chi connectivity index (χ4n) is 6.11. The van der Waals surface area contributed by atoms with Gasteiger partial charge in [-0.25, -0.2) is 4.68 Å². The van der Waals surface area contributed by atoms with E-state index in [9.17, 15) is 4.79 Å². The minimum absolute atomic E-state index is 0.0778. The third-order valence-electron chi connectivity index (χ3n) is 8.10. The van der Waals surface area contributed by atoms with E-state index < -0.39 is 0 Å². The van der Waals surface area contributed by atoms with Crippen LogP contribution in [-0.4, -0.2) is 31.2 Å². The highest BCUT2D eigenvalue weighted by Gasteiger charge is 2.38. The van der Waals surface area contributed by atoms with Gasteiger partial charge in [0.05, 0.1) is 11.6 Å². The molecule has 0 spiro atoms. The topological polar surface area (TPSA) is 79.7 Å². The van der Waals surface area contributed by atoms with Gasteiger partial charge in [0.2, 0.25) is 0 Å². The van der Waals surface area contributed by atoms with Crippen molar-refractivity contribution in [1.82, 2.24) is 25.2 Å². The average molecular weight is 469 g/mol.